The second-order valence-electron chi connectivity index (χ2n) is 5.82. The number of benzene rings is 1. The number of para-hydroxylation sites is 1. The third-order valence-corrected chi connectivity index (χ3v) is 5.12. The van der Waals surface area contributed by atoms with E-state index in [9.17, 15) is 4.79 Å². The van der Waals surface area contributed by atoms with Crippen molar-refractivity contribution >= 4 is 17.5 Å². The summed E-state index contributed by atoms with van der Waals surface area (Å²) in [5.41, 5.74) is 2.88. The lowest BCUT2D eigenvalue weighted by molar-refractivity contribution is 0.102. The Labute approximate surface area is 148 Å². The van der Waals surface area contributed by atoms with Gasteiger partial charge in [-0.1, -0.05) is 12.1 Å². The van der Waals surface area contributed by atoms with E-state index in [1.165, 1.54) is 11.8 Å². The van der Waals surface area contributed by atoms with Crippen LogP contribution in [0.1, 0.15) is 34.7 Å². The summed E-state index contributed by atoms with van der Waals surface area (Å²) in [4.78, 5) is 13.7. The fourth-order valence-corrected chi connectivity index (χ4v) is 3.92. The molecule has 130 valence electrons. The van der Waals surface area contributed by atoms with Gasteiger partial charge in [-0.15, -0.1) is 11.8 Å². The standard InChI is InChI=1S/C19H25NO3S/c1-13-10-16(15(3)20(13)14(2)11-22-4)17(21)12-24-19-9-7-6-8-18(19)23-5/h6-10,14H,11-12H2,1-5H3. The van der Waals surface area contributed by atoms with Gasteiger partial charge in [0.15, 0.2) is 5.78 Å². The molecule has 0 saturated heterocycles. The highest BCUT2D eigenvalue weighted by Gasteiger charge is 2.19. The zero-order chi connectivity index (χ0) is 17.7. The molecule has 0 bridgehead atoms. The topological polar surface area (TPSA) is 40.5 Å². The van der Waals surface area contributed by atoms with Crippen molar-refractivity contribution in [1.29, 1.82) is 0 Å². The Kier molecular flexibility index (Phi) is 6.52. The lowest BCUT2D eigenvalue weighted by atomic mass is 10.2. The number of rotatable bonds is 8. The Morgan fingerprint density at radius 3 is 2.62 bits per heavy atom. The van der Waals surface area contributed by atoms with E-state index in [-0.39, 0.29) is 11.8 Å². The molecule has 2 aromatic rings. The van der Waals surface area contributed by atoms with Gasteiger partial charge in [-0.3, -0.25) is 4.79 Å². The van der Waals surface area contributed by atoms with Gasteiger partial charge in [0, 0.05) is 29.0 Å². The first-order valence-electron chi connectivity index (χ1n) is 7.96. The number of thioether (sulfide) groups is 1. The molecule has 1 atom stereocenters. The van der Waals surface area contributed by atoms with Gasteiger partial charge in [0.05, 0.1) is 25.5 Å². The number of nitrogens with zero attached hydrogens (tertiary/aromatic N) is 1. The van der Waals surface area contributed by atoms with Crippen LogP contribution in [0.4, 0.5) is 0 Å². The summed E-state index contributed by atoms with van der Waals surface area (Å²) in [5, 5.41) is 0. The van der Waals surface area contributed by atoms with Crippen LogP contribution in [0.5, 0.6) is 5.75 Å². The number of hydrogen-bond acceptors (Lipinski definition) is 4. The van der Waals surface area contributed by atoms with Crippen LogP contribution in [-0.4, -0.2) is 36.9 Å². The Bertz CT molecular complexity index is 709. The van der Waals surface area contributed by atoms with E-state index in [0.717, 1.165) is 27.6 Å². The van der Waals surface area contributed by atoms with E-state index >= 15 is 0 Å². The Morgan fingerprint density at radius 1 is 1.25 bits per heavy atom. The van der Waals surface area contributed by atoms with Crippen LogP contribution in [0, 0.1) is 13.8 Å². The molecule has 4 nitrogen and oxygen atoms in total. The summed E-state index contributed by atoms with van der Waals surface area (Å²) in [6.07, 6.45) is 0. The van der Waals surface area contributed by atoms with Gasteiger partial charge in [-0.25, -0.2) is 0 Å². The number of carbonyl (C=O) groups excluding carboxylic acids is 1. The molecule has 1 heterocycles. The monoisotopic (exact) mass is 347 g/mol. The molecule has 1 unspecified atom stereocenters. The van der Waals surface area contributed by atoms with Gasteiger partial charge in [0.2, 0.25) is 0 Å². The molecule has 0 amide bonds. The number of aromatic nitrogens is 1. The van der Waals surface area contributed by atoms with Crippen molar-refractivity contribution in [2.45, 2.75) is 31.7 Å². The zero-order valence-electron chi connectivity index (χ0n) is 15.0. The number of Topliss-reactive ketones (excluding diaryl/α,β-unsaturated/α-hetero) is 1. The van der Waals surface area contributed by atoms with Gasteiger partial charge < -0.3 is 14.0 Å². The first-order chi connectivity index (χ1) is 11.5. The van der Waals surface area contributed by atoms with E-state index < -0.39 is 0 Å². The lowest BCUT2D eigenvalue weighted by Crippen LogP contribution is -2.14. The Balaban J connectivity index is 2.14. The van der Waals surface area contributed by atoms with Crippen LogP contribution in [-0.2, 0) is 4.74 Å². The molecule has 0 N–H and O–H groups in total. The minimum atomic E-state index is 0.134. The van der Waals surface area contributed by atoms with Crippen molar-refractivity contribution in [2.75, 3.05) is 26.6 Å². The number of methoxy groups -OCH3 is 2. The van der Waals surface area contributed by atoms with Gasteiger partial charge in [-0.05, 0) is 39.0 Å². The molecule has 2 rings (SSSR count). The van der Waals surface area contributed by atoms with Crippen molar-refractivity contribution in [2.24, 2.45) is 0 Å². The van der Waals surface area contributed by atoms with Crippen LogP contribution in [0.2, 0.25) is 0 Å². The summed E-state index contributed by atoms with van der Waals surface area (Å²) < 4.78 is 12.8. The maximum Gasteiger partial charge on any atom is 0.174 e. The number of hydrogen-bond donors (Lipinski definition) is 0. The molecular weight excluding hydrogens is 322 g/mol. The fourth-order valence-electron chi connectivity index (χ4n) is 3.01. The maximum absolute atomic E-state index is 12.7. The largest absolute Gasteiger partial charge is 0.496 e. The Morgan fingerprint density at radius 2 is 1.96 bits per heavy atom. The van der Waals surface area contributed by atoms with Gasteiger partial charge in [-0.2, -0.15) is 0 Å². The number of ether oxygens (including phenoxy) is 2. The maximum atomic E-state index is 12.7. The molecule has 1 aromatic carbocycles. The third-order valence-electron chi connectivity index (χ3n) is 4.06. The van der Waals surface area contributed by atoms with Gasteiger partial charge in [0.25, 0.3) is 0 Å². The van der Waals surface area contributed by atoms with E-state index in [1.807, 2.05) is 44.2 Å². The molecule has 1 aromatic heterocycles. The summed E-state index contributed by atoms with van der Waals surface area (Å²) in [6, 6.07) is 9.94. The number of ketones is 1. The molecular formula is C19H25NO3S. The molecule has 0 aliphatic carbocycles. The molecule has 0 fully saturated rings. The van der Waals surface area contributed by atoms with Gasteiger partial charge in [0.1, 0.15) is 5.75 Å². The molecule has 5 heteroatoms. The van der Waals surface area contributed by atoms with Crippen molar-refractivity contribution in [3.63, 3.8) is 0 Å². The van der Waals surface area contributed by atoms with E-state index in [0.29, 0.717) is 12.4 Å². The summed E-state index contributed by atoms with van der Waals surface area (Å²) in [7, 11) is 3.34. The van der Waals surface area contributed by atoms with Gasteiger partial charge >= 0.3 is 0 Å². The molecule has 0 aliphatic rings. The van der Waals surface area contributed by atoms with Crippen molar-refractivity contribution in [1.82, 2.24) is 4.57 Å². The zero-order valence-corrected chi connectivity index (χ0v) is 15.8. The van der Waals surface area contributed by atoms with Crippen molar-refractivity contribution in [3.8, 4) is 5.75 Å². The average molecular weight is 347 g/mol. The van der Waals surface area contributed by atoms with Crippen molar-refractivity contribution < 1.29 is 14.3 Å². The smallest absolute Gasteiger partial charge is 0.174 e. The van der Waals surface area contributed by atoms with E-state index in [4.69, 9.17) is 9.47 Å². The minimum Gasteiger partial charge on any atom is -0.496 e. The summed E-state index contributed by atoms with van der Waals surface area (Å²) in [5.74, 6) is 1.33. The van der Waals surface area contributed by atoms with Crippen molar-refractivity contribution in [3.05, 3.63) is 47.3 Å². The summed E-state index contributed by atoms with van der Waals surface area (Å²) in [6.45, 7) is 6.75. The number of carbonyl (C=O) groups is 1. The first kappa shape index (κ1) is 18.6. The molecule has 24 heavy (non-hydrogen) atoms. The minimum absolute atomic E-state index is 0.134. The molecule has 0 aliphatic heterocycles. The molecule has 0 spiro atoms. The second-order valence-corrected chi connectivity index (χ2v) is 6.84. The lowest BCUT2D eigenvalue weighted by Gasteiger charge is -2.17. The SMILES string of the molecule is COCC(C)n1c(C)cc(C(=O)CSc2ccccc2OC)c1C. The number of aryl methyl sites for hydroxylation is 1. The highest BCUT2D eigenvalue weighted by molar-refractivity contribution is 8.00. The van der Waals surface area contributed by atoms with E-state index in [2.05, 4.69) is 11.5 Å². The highest BCUT2D eigenvalue weighted by Crippen LogP contribution is 2.30. The van der Waals surface area contributed by atoms with Crippen LogP contribution >= 0.6 is 11.8 Å². The molecule has 0 radical (unpaired) electrons. The van der Waals surface area contributed by atoms with Crippen LogP contribution in [0.15, 0.2) is 35.2 Å². The van der Waals surface area contributed by atoms with E-state index in [1.54, 1.807) is 14.2 Å². The highest BCUT2D eigenvalue weighted by atomic mass is 32.2. The Hall–Kier alpha value is -1.72. The van der Waals surface area contributed by atoms with Crippen LogP contribution in [0.3, 0.4) is 0 Å². The fraction of sp³-hybridized carbons (Fsp3) is 0.421. The third kappa shape index (κ3) is 4.02. The quantitative estimate of drug-likeness (QED) is 0.527. The van der Waals surface area contributed by atoms with Crippen LogP contribution in [0.25, 0.3) is 0 Å². The first-order valence-corrected chi connectivity index (χ1v) is 8.94. The second kappa shape index (κ2) is 8.40. The van der Waals surface area contributed by atoms with Crippen LogP contribution < -0.4 is 4.74 Å². The predicted molar refractivity (Wildman–Crippen MR) is 98.5 cm³/mol. The predicted octanol–water partition coefficient (Wildman–Crippen LogP) is 4.30. The summed E-state index contributed by atoms with van der Waals surface area (Å²) >= 11 is 1.51. The average Bonchev–Trinajstić information content (AvgIpc) is 2.87. The normalized spacial score (nSPS) is 12.2. The molecule has 0 saturated carbocycles.